The van der Waals surface area contributed by atoms with Gasteiger partial charge in [0.1, 0.15) is 0 Å². The molecular weight excluding hydrogens is 216 g/mol. The summed E-state index contributed by atoms with van der Waals surface area (Å²) in [6, 6.07) is 7.66. The van der Waals surface area contributed by atoms with Crippen molar-refractivity contribution in [2.24, 2.45) is 5.92 Å². The molecule has 0 atom stereocenters. The first-order chi connectivity index (χ1) is 7.83. The van der Waals surface area contributed by atoms with Crippen LogP contribution in [0.3, 0.4) is 0 Å². The summed E-state index contributed by atoms with van der Waals surface area (Å²) in [5.74, 6) is 0.515. The zero-order valence-corrected chi connectivity index (χ0v) is 10.1. The molecule has 1 nitrogen and oxygen atoms in total. The van der Waals surface area contributed by atoms with Gasteiger partial charge in [0.15, 0.2) is 5.78 Å². The van der Waals surface area contributed by atoms with Crippen molar-refractivity contribution in [3.63, 3.8) is 0 Å². The number of hydrogen-bond donors (Lipinski definition) is 0. The summed E-state index contributed by atoms with van der Waals surface area (Å²) in [5.41, 5.74) is 1.71. The van der Waals surface area contributed by atoms with Crippen LogP contribution in [0.4, 0.5) is 0 Å². The minimum absolute atomic E-state index is 0.227. The highest BCUT2D eigenvalue weighted by atomic mass is 32.1. The van der Waals surface area contributed by atoms with Gasteiger partial charge < -0.3 is 0 Å². The zero-order chi connectivity index (χ0) is 11.4. The van der Waals surface area contributed by atoms with Crippen molar-refractivity contribution in [3.8, 4) is 0 Å². The quantitative estimate of drug-likeness (QED) is 0.582. The van der Waals surface area contributed by atoms with E-state index in [4.69, 9.17) is 12.2 Å². The molecule has 0 spiro atoms. The fourth-order valence-electron chi connectivity index (χ4n) is 2.41. The number of carbonyl (C=O) groups excluding carboxylic acids is 1. The third kappa shape index (κ3) is 2.38. The molecule has 16 heavy (non-hydrogen) atoms. The molecular formula is C14H16OS. The third-order valence-corrected chi connectivity index (χ3v) is 3.58. The lowest BCUT2D eigenvalue weighted by Gasteiger charge is -2.20. The largest absolute Gasteiger partial charge is 0.294 e. The highest BCUT2D eigenvalue weighted by Gasteiger charge is 2.23. The summed E-state index contributed by atoms with van der Waals surface area (Å²) in [6.07, 6.45) is 5.75. The van der Waals surface area contributed by atoms with Gasteiger partial charge in [0, 0.05) is 16.8 Å². The molecule has 0 heterocycles. The van der Waals surface area contributed by atoms with E-state index < -0.39 is 0 Å². The first-order valence-electron chi connectivity index (χ1n) is 5.91. The Hall–Kier alpha value is -1.02. The standard InChI is InChI=1S/C14H16OS/c15-14(11-6-2-1-3-7-11)13-9-5-4-8-12(13)10-16/h4-5,8-11H,1-3,6-7H2. The topological polar surface area (TPSA) is 17.1 Å². The van der Waals surface area contributed by atoms with Gasteiger partial charge >= 0.3 is 0 Å². The van der Waals surface area contributed by atoms with Gasteiger partial charge in [0.25, 0.3) is 0 Å². The number of rotatable bonds is 3. The van der Waals surface area contributed by atoms with Crippen molar-refractivity contribution in [3.05, 3.63) is 35.4 Å². The van der Waals surface area contributed by atoms with E-state index in [2.05, 4.69) is 0 Å². The van der Waals surface area contributed by atoms with Gasteiger partial charge in [-0.25, -0.2) is 0 Å². The minimum Gasteiger partial charge on any atom is -0.294 e. The van der Waals surface area contributed by atoms with Crippen LogP contribution < -0.4 is 0 Å². The van der Waals surface area contributed by atoms with Gasteiger partial charge in [-0.1, -0.05) is 55.7 Å². The van der Waals surface area contributed by atoms with Gasteiger partial charge in [-0.15, -0.1) is 0 Å². The summed E-state index contributed by atoms with van der Waals surface area (Å²) in [4.78, 5) is 12.3. The van der Waals surface area contributed by atoms with E-state index in [1.807, 2.05) is 24.3 Å². The smallest absolute Gasteiger partial charge is 0.166 e. The summed E-state index contributed by atoms with van der Waals surface area (Å²) < 4.78 is 0. The van der Waals surface area contributed by atoms with Crippen molar-refractivity contribution < 1.29 is 4.79 Å². The van der Waals surface area contributed by atoms with Crippen molar-refractivity contribution >= 4 is 23.4 Å². The molecule has 0 N–H and O–H groups in total. The van der Waals surface area contributed by atoms with E-state index in [9.17, 15) is 4.79 Å². The van der Waals surface area contributed by atoms with Crippen LogP contribution in [0.2, 0.25) is 0 Å². The van der Waals surface area contributed by atoms with E-state index in [0.717, 1.165) is 24.0 Å². The fraction of sp³-hybridized carbons (Fsp3) is 0.429. The predicted molar refractivity (Wildman–Crippen MR) is 70.1 cm³/mol. The summed E-state index contributed by atoms with van der Waals surface area (Å²) in [6.45, 7) is 0. The molecule has 0 unspecified atom stereocenters. The predicted octanol–water partition coefficient (Wildman–Crippen LogP) is 3.80. The number of hydrogen-bond acceptors (Lipinski definition) is 2. The second kappa shape index (κ2) is 5.35. The Morgan fingerprint density at radius 3 is 2.56 bits per heavy atom. The lowest BCUT2D eigenvalue weighted by molar-refractivity contribution is 0.0889. The van der Waals surface area contributed by atoms with Crippen molar-refractivity contribution in [1.29, 1.82) is 0 Å². The number of ketones is 1. The number of benzene rings is 1. The Morgan fingerprint density at radius 2 is 1.88 bits per heavy atom. The molecule has 84 valence electrons. The van der Waals surface area contributed by atoms with E-state index in [1.54, 1.807) is 5.37 Å². The SMILES string of the molecule is O=C(c1ccccc1C=S)C1CCCCC1. The molecule has 1 fully saturated rings. The Morgan fingerprint density at radius 1 is 1.19 bits per heavy atom. The maximum absolute atomic E-state index is 12.3. The molecule has 0 bridgehead atoms. The van der Waals surface area contributed by atoms with Crippen LogP contribution in [0.1, 0.15) is 48.0 Å². The first kappa shape index (κ1) is 11.5. The van der Waals surface area contributed by atoms with E-state index in [1.165, 1.54) is 19.3 Å². The summed E-state index contributed by atoms with van der Waals surface area (Å²) >= 11 is 4.95. The Labute approximate surface area is 102 Å². The maximum Gasteiger partial charge on any atom is 0.166 e. The zero-order valence-electron chi connectivity index (χ0n) is 9.32. The number of thiocarbonyl (C=S) groups is 1. The maximum atomic E-state index is 12.3. The second-order valence-corrected chi connectivity index (χ2v) is 4.64. The summed E-state index contributed by atoms with van der Waals surface area (Å²) in [7, 11) is 0. The molecule has 1 saturated carbocycles. The van der Waals surface area contributed by atoms with Gasteiger partial charge in [-0.3, -0.25) is 4.79 Å². The lowest BCUT2D eigenvalue weighted by atomic mass is 9.83. The third-order valence-electron chi connectivity index (χ3n) is 3.33. The average molecular weight is 232 g/mol. The van der Waals surface area contributed by atoms with Crippen LogP contribution in [-0.4, -0.2) is 11.2 Å². The van der Waals surface area contributed by atoms with Crippen LogP contribution in [0, 0.1) is 5.92 Å². The minimum atomic E-state index is 0.227. The van der Waals surface area contributed by atoms with Gasteiger partial charge in [-0.2, -0.15) is 0 Å². The van der Waals surface area contributed by atoms with Gasteiger partial charge in [0.05, 0.1) is 0 Å². The molecule has 0 aromatic heterocycles. The second-order valence-electron chi connectivity index (χ2n) is 4.40. The number of carbonyl (C=O) groups is 1. The molecule has 0 saturated heterocycles. The normalized spacial score (nSPS) is 17.0. The van der Waals surface area contributed by atoms with E-state index in [0.29, 0.717) is 0 Å². The van der Waals surface area contributed by atoms with Crippen molar-refractivity contribution in [2.75, 3.05) is 0 Å². The van der Waals surface area contributed by atoms with Crippen LogP contribution in [0.15, 0.2) is 24.3 Å². The molecule has 1 aliphatic rings. The van der Waals surface area contributed by atoms with Gasteiger partial charge in [0.2, 0.25) is 0 Å². The fourth-order valence-corrected chi connectivity index (χ4v) is 2.61. The molecule has 2 rings (SSSR count). The van der Waals surface area contributed by atoms with Crippen LogP contribution in [0.25, 0.3) is 0 Å². The monoisotopic (exact) mass is 232 g/mol. The van der Waals surface area contributed by atoms with E-state index >= 15 is 0 Å². The highest BCUT2D eigenvalue weighted by molar-refractivity contribution is 7.79. The number of Topliss-reactive ketones (excluding diaryl/α,β-unsaturated/α-hetero) is 1. The first-order valence-corrected chi connectivity index (χ1v) is 6.38. The molecule has 0 radical (unpaired) electrons. The molecule has 2 heteroatoms. The Kier molecular flexibility index (Phi) is 3.83. The van der Waals surface area contributed by atoms with Crippen molar-refractivity contribution in [2.45, 2.75) is 32.1 Å². The molecule has 0 amide bonds. The molecule has 1 aromatic rings. The van der Waals surface area contributed by atoms with Crippen LogP contribution in [0.5, 0.6) is 0 Å². The van der Waals surface area contributed by atoms with Crippen LogP contribution >= 0.6 is 12.2 Å². The molecule has 1 aliphatic carbocycles. The Bertz CT molecular complexity index is 391. The van der Waals surface area contributed by atoms with Crippen molar-refractivity contribution in [1.82, 2.24) is 0 Å². The highest BCUT2D eigenvalue weighted by Crippen LogP contribution is 2.27. The molecule has 1 aromatic carbocycles. The summed E-state index contributed by atoms with van der Waals surface area (Å²) in [5, 5.41) is 1.61. The van der Waals surface area contributed by atoms with E-state index in [-0.39, 0.29) is 11.7 Å². The molecule has 0 aliphatic heterocycles. The Balaban J connectivity index is 2.22. The average Bonchev–Trinajstić information content (AvgIpc) is 2.39. The van der Waals surface area contributed by atoms with Gasteiger partial charge in [-0.05, 0) is 18.4 Å². The van der Waals surface area contributed by atoms with Crippen LogP contribution in [-0.2, 0) is 0 Å². The lowest BCUT2D eigenvalue weighted by Crippen LogP contribution is -2.19.